The van der Waals surface area contributed by atoms with Crippen LogP contribution in [0.15, 0.2) is 36.0 Å². The lowest BCUT2D eigenvalue weighted by Gasteiger charge is -2.22. The van der Waals surface area contributed by atoms with Crippen molar-refractivity contribution in [2.45, 2.75) is 51.2 Å². The Morgan fingerprint density at radius 2 is 2.29 bits per heavy atom. The third-order valence-electron chi connectivity index (χ3n) is 4.31. The van der Waals surface area contributed by atoms with E-state index in [1.165, 1.54) is 12.8 Å². The first-order valence-electron chi connectivity index (χ1n) is 8.87. The molecule has 0 amide bonds. The Balaban J connectivity index is 1.84. The number of rotatable bonds is 8. The number of allylic oxidation sites excluding steroid dienone is 1. The number of aromatic nitrogens is 1. The van der Waals surface area contributed by atoms with Gasteiger partial charge in [0.2, 0.25) is 5.88 Å². The summed E-state index contributed by atoms with van der Waals surface area (Å²) < 4.78 is 5.97. The van der Waals surface area contributed by atoms with Crippen LogP contribution in [0, 0.1) is 0 Å². The van der Waals surface area contributed by atoms with E-state index in [0.717, 1.165) is 49.6 Å². The zero-order valence-corrected chi connectivity index (χ0v) is 15.0. The van der Waals surface area contributed by atoms with Crippen LogP contribution < -0.4 is 10.1 Å². The summed E-state index contributed by atoms with van der Waals surface area (Å²) in [5, 5.41) is 3.40. The molecule has 0 bridgehead atoms. The number of guanidine groups is 1. The van der Waals surface area contributed by atoms with Gasteiger partial charge in [-0.25, -0.2) is 4.98 Å². The molecule has 1 aliphatic rings. The van der Waals surface area contributed by atoms with Crippen molar-refractivity contribution in [2.24, 2.45) is 4.99 Å². The Morgan fingerprint density at radius 1 is 1.50 bits per heavy atom. The van der Waals surface area contributed by atoms with E-state index in [-0.39, 0.29) is 0 Å². The quantitative estimate of drug-likeness (QED) is 0.344. The van der Waals surface area contributed by atoms with Gasteiger partial charge in [0.1, 0.15) is 6.10 Å². The number of aliphatic imine (C=N–C) groups is 1. The molecule has 1 fully saturated rings. The molecule has 0 unspecified atom stereocenters. The van der Waals surface area contributed by atoms with Gasteiger partial charge in [0.15, 0.2) is 5.96 Å². The van der Waals surface area contributed by atoms with Crippen LogP contribution in [0.2, 0.25) is 0 Å². The molecule has 24 heavy (non-hydrogen) atoms. The topological polar surface area (TPSA) is 49.8 Å². The molecule has 0 saturated heterocycles. The van der Waals surface area contributed by atoms with Crippen molar-refractivity contribution in [3.8, 4) is 5.88 Å². The Labute approximate surface area is 145 Å². The molecule has 132 valence electrons. The first-order chi connectivity index (χ1) is 11.7. The van der Waals surface area contributed by atoms with E-state index in [2.05, 4.69) is 33.8 Å². The number of nitrogens with zero attached hydrogens (tertiary/aromatic N) is 3. The van der Waals surface area contributed by atoms with Crippen molar-refractivity contribution >= 4 is 5.96 Å². The molecule has 5 heteroatoms. The van der Waals surface area contributed by atoms with Crippen LogP contribution in [0.4, 0.5) is 0 Å². The number of nitrogens with one attached hydrogen (secondary N) is 1. The third-order valence-corrected chi connectivity index (χ3v) is 4.31. The molecule has 1 heterocycles. The molecule has 0 aliphatic heterocycles. The highest BCUT2D eigenvalue weighted by molar-refractivity contribution is 5.79. The monoisotopic (exact) mass is 330 g/mol. The van der Waals surface area contributed by atoms with Crippen LogP contribution in [0.3, 0.4) is 0 Å². The van der Waals surface area contributed by atoms with Crippen molar-refractivity contribution in [1.82, 2.24) is 15.2 Å². The van der Waals surface area contributed by atoms with Crippen LogP contribution in [0.5, 0.6) is 5.88 Å². The highest BCUT2D eigenvalue weighted by Gasteiger charge is 2.17. The van der Waals surface area contributed by atoms with E-state index < -0.39 is 0 Å². The summed E-state index contributed by atoms with van der Waals surface area (Å²) in [5.41, 5.74) is 1.15. The molecule has 1 saturated carbocycles. The Morgan fingerprint density at radius 3 is 3.00 bits per heavy atom. The zero-order valence-electron chi connectivity index (χ0n) is 15.0. The molecule has 2 rings (SSSR count). The molecule has 5 nitrogen and oxygen atoms in total. The molecular formula is C19H30N4O. The SMILES string of the molecule is C=CCCCN(C)C(=NC)NCc1ccnc(OC2CCCC2)c1. The second-order valence-corrected chi connectivity index (χ2v) is 6.28. The molecule has 0 atom stereocenters. The molecule has 1 N–H and O–H groups in total. The van der Waals surface area contributed by atoms with Gasteiger partial charge in [0.25, 0.3) is 0 Å². The van der Waals surface area contributed by atoms with Gasteiger partial charge >= 0.3 is 0 Å². The minimum Gasteiger partial charge on any atom is -0.474 e. The number of hydrogen-bond acceptors (Lipinski definition) is 3. The maximum atomic E-state index is 5.97. The lowest BCUT2D eigenvalue weighted by atomic mass is 10.2. The molecule has 0 aromatic carbocycles. The van der Waals surface area contributed by atoms with E-state index in [1.807, 2.05) is 31.5 Å². The summed E-state index contributed by atoms with van der Waals surface area (Å²) in [5.74, 6) is 1.63. The van der Waals surface area contributed by atoms with Gasteiger partial charge in [-0.05, 0) is 50.2 Å². The lowest BCUT2D eigenvalue weighted by Crippen LogP contribution is -2.38. The molecule has 1 aromatic heterocycles. The Kier molecular flexibility index (Phi) is 7.59. The number of ether oxygens (including phenoxy) is 1. The van der Waals surface area contributed by atoms with Gasteiger partial charge < -0.3 is 15.0 Å². The third kappa shape index (κ3) is 5.87. The summed E-state index contributed by atoms with van der Waals surface area (Å²) in [6.07, 6.45) is 11.0. The molecular weight excluding hydrogens is 300 g/mol. The maximum absolute atomic E-state index is 5.97. The molecule has 1 aromatic rings. The number of unbranched alkanes of at least 4 members (excludes halogenated alkanes) is 1. The second kappa shape index (κ2) is 9.96. The largest absolute Gasteiger partial charge is 0.474 e. The van der Waals surface area contributed by atoms with Crippen LogP contribution >= 0.6 is 0 Å². The van der Waals surface area contributed by atoms with Crippen LogP contribution in [-0.4, -0.2) is 42.6 Å². The smallest absolute Gasteiger partial charge is 0.213 e. The van der Waals surface area contributed by atoms with Gasteiger partial charge in [-0.1, -0.05) is 6.08 Å². The highest BCUT2D eigenvalue weighted by atomic mass is 16.5. The average Bonchev–Trinajstić information content (AvgIpc) is 3.09. The van der Waals surface area contributed by atoms with Gasteiger partial charge in [-0.3, -0.25) is 4.99 Å². The van der Waals surface area contributed by atoms with Crippen molar-refractivity contribution in [3.63, 3.8) is 0 Å². The fraction of sp³-hybridized carbons (Fsp3) is 0.579. The van der Waals surface area contributed by atoms with Crippen molar-refractivity contribution in [1.29, 1.82) is 0 Å². The Bertz CT molecular complexity index is 538. The predicted octanol–water partition coefficient (Wildman–Crippen LogP) is 3.38. The molecule has 0 radical (unpaired) electrons. The summed E-state index contributed by atoms with van der Waals surface area (Å²) in [7, 11) is 3.87. The first-order valence-corrected chi connectivity index (χ1v) is 8.87. The molecule has 1 aliphatic carbocycles. The van der Waals surface area contributed by atoms with Crippen LogP contribution in [-0.2, 0) is 6.54 Å². The van der Waals surface area contributed by atoms with Crippen molar-refractivity contribution in [2.75, 3.05) is 20.6 Å². The van der Waals surface area contributed by atoms with Gasteiger partial charge in [-0.2, -0.15) is 0 Å². The average molecular weight is 330 g/mol. The predicted molar refractivity (Wildman–Crippen MR) is 99.4 cm³/mol. The van der Waals surface area contributed by atoms with E-state index in [4.69, 9.17) is 4.74 Å². The van der Waals surface area contributed by atoms with Crippen molar-refractivity contribution < 1.29 is 4.74 Å². The minimum absolute atomic E-state index is 0.337. The normalized spacial score (nSPS) is 15.3. The van der Waals surface area contributed by atoms with E-state index >= 15 is 0 Å². The van der Waals surface area contributed by atoms with Gasteiger partial charge in [0, 0.05) is 39.4 Å². The summed E-state index contributed by atoms with van der Waals surface area (Å²) >= 11 is 0. The minimum atomic E-state index is 0.337. The van der Waals surface area contributed by atoms with E-state index in [9.17, 15) is 0 Å². The van der Waals surface area contributed by atoms with Gasteiger partial charge in [0.05, 0.1) is 0 Å². The summed E-state index contributed by atoms with van der Waals surface area (Å²) in [6.45, 7) is 5.43. The Hall–Kier alpha value is -2.04. The first kappa shape index (κ1) is 18.3. The summed E-state index contributed by atoms with van der Waals surface area (Å²) in [4.78, 5) is 10.8. The standard InChI is InChI=1S/C19H30N4O/c1-4-5-8-13-23(3)19(20-2)22-15-16-11-12-21-18(14-16)24-17-9-6-7-10-17/h4,11-12,14,17H,1,5-10,13,15H2,2-3H3,(H,20,22). The number of hydrogen-bond donors (Lipinski definition) is 1. The fourth-order valence-electron chi connectivity index (χ4n) is 2.95. The van der Waals surface area contributed by atoms with E-state index in [1.54, 1.807) is 0 Å². The fourth-order valence-corrected chi connectivity index (χ4v) is 2.95. The molecule has 0 spiro atoms. The van der Waals surface area contributed by atoms with Crippen molar-refractivity contribution in [3.05, 3.63) is 36.5 Å². The lowest BCUT2D eigenvalue weighted by molar-refractivity contribution is 0.201. The van der Waals surface area contributed by atoms with Crippen LogP contribution in [0.1, 0.15) is 44.1 Å². The number of pyridine rings is 1. The highest BCUT2D eigenvalue weighted by Crippen LogP contribution is 2.23. The van der Waals surface area contributed by atoms with E-state index in [0.29, 0.717) is 12.6 Å². The van der Waals surface area contributed by atoms with Gasteiger partial charge in [-0.15, -0.1) is 6.58 Å². The zero-order chi connectivity index (χ0) is 17.2. The maximum Gasteiger partial charge on any atom is 0.213 e. The second-order valence-electron chi connectivity index (χ2n) is 6.28. The summed E-state index contributed by atoms with van der Waals surface area (Å²) in [6, 6.07) is 4.04. The van der Waals surface area contributed by atoms with Crippen LogP contribution in [0.25, 0.3) is 0 Å².